The van der Waals surface area contributed by atoms with Crippen molar-refractivity contribution < 1.29 is 19.1 Å². The molecule has 0 aliphatic carbocycles. The van der Waals surface area contributed by atoms with Crippen molar-refractivity contribution in [2.45, 2.75) is 13.8 Å². The van der Waals surface area contributed by atoms with Gasteiger partial charge in [-0.1, -0.05) is 59.2 Å². The van der Waals surface area contributed by atoms with Gasteiger partial charge in [0.2, 0.25) is 0 Å². The summed E-state index contributed by atoms with van der Waals surface area (Å²) >= 11 is 14.6. The molecule has 2 aromatic carbocycles. The van der Waals surface area contributed by atoms with E-state index in [0.29, 0.717) is 41.5 Å². The number of benzene rings is 2. The van der Waals surface area contributed by atoms with Gasteiger partial charge in [-0.25, -0.2) is 9.59 Å². The molecule has 4 rings (SSSR count). The second-order valence-electron chi connectivity index (χ2n) is 7.73. The third kappa shape index (κ3) is 5.62. The SMILES string of the molecule is CCOC(=O)C1=C(c2ccc(Cl)cc2)C(=Cc2sc(N)c(C(=O)OCC)c2-c2ccc(Cl)cc2)SC1=N. The molecule has 0 amide bonds. The summed E-state index contributed by atoms with van der Waals surface area (Å²) in [7, 11) is 0. The van der Waals surface area contributed by atoms with E-state index in [2.05, 4.69) is 0 Å². The minimum absolute atomic E-state index is 0.0674. The van der Waals surface area contributed by atoms with E-state index in [0.717, 1.165) is 17.3 Å². The summed E-state index contributed by atoms with van der Waals surface area (Å²) in [4.78, 5) is 27.1. The molecule has 0 spiro atoms. The van der Waals surface area contributed by atoms with Crippen LogP contribution in [0.3, 0.4) is 0 Å². The number of ether oxygens (including phenoxy) is 2. The van der Waals surface area contributed by atoms with E-state index in [-0.39, 0.29) is 29.4 Å². The first kappa shape index (κ1) is 27.0. The van der Waals surface area contributed by atoms with Crippen LogP contribution in [0.1, 0.15) is 34.6 Å². The molecule has 0 fully saturated rings. The fourth-order valence-corrected chi connectivity index (χ4v) is 6.20. The van der Waals surface area contributed by atoms with Gasteiger partial charge in [-0.2, -0.15) is 0 Å². The fourth-order valence-electron chi connectivity index (χ4n) is 3.85. The maximum Gasteiger partial charge on any atom is 0.341 e. The second kappa shape index (κ2) is 11.6. The van der Waals surface area contributed by atoms with Crippen LogP contribution in [0, 0.1) is 5.41 Å². The summed E-state index contributed by atoms with van der Waals surface area (Å²) in [5.41, 5.74) is 9.35. The second-order valence-corrected chi connectivity index (χ2v) is 10.7. The van der Waals surface area contributed by atoms with Gasteiger partial charge in [-0.15, -0.1) is 11.3 Å². The lowest BCUT2D eigenvalue weighted by molar-refractivity contribution is -0.137. The van der Waals surface area contributed by atoms with Gasteiger partial charge in [-0.3, -0.25) is 5.41 Å². The smallest absolute Gasteiger partial charge is 0.341 e. The van der Waals surface area contributed by atoms with Gasteiger partial charge < -0.3 is 15.2 Å². The number of carbonyl (C=O) groups excluding carboxylic acids is 2. The monoisotopic (exact) mass is 572 g/mol. The number of thioether (sulfide) groups is 1. The number of nitrogens with two attached hydrogens (primary N) is 1. The molecule has 1 aliphatic rings. The van der Waals surface area contributed by atoms with Crippen molar-refractivity contribution in [1.29, 1.82) is 5.41 Å². The summed E-state index contributed by atoms with van der Waals surface area (Å²) in [5, 5.41) is 10.0. The molecule has 6 nitrogen and oxygen atoms in total. The quantitative estimate of drug-likeness (QED) is 0.283. The number of allylic oxidation sites excluding steroid dienone is 1. The average Bonchev–Trinajstić information content (AvgIpc) is 3.36. The van der Waals surface area contributed by atoms with E-state index in [1.165, 1.54) is 11.3 Å². The molecule has 0 saturated carbocycles. The van der Waals surface area contributed by atoms with Crippen LogP contribution in [0.25, 0.3) is 22.8 Å². The molecule has 37 heavy (non-hydrogen) atoms. The Balaban J connectivity index is 1.96. The highest BCUT2D eigenvalue weighted by Crippen LogP contribution is 2.48. The molecule has 0 bridgehead atoms. The molecule has 0 saturated heterocycles. The predicted octanol–water partition coefficient (Wildman–Crippen LogP) is 7.56. The molecule has 1 aliphatic heterocycles. The average molecular weight is 574 g/mol. The number of rotatable bonds is 7. The number of thiophene rings is 1. The Bertz CT molecular complexity index is 1440. The van der Waals surface area contributed by atoms with E-state index < -0.39 is 11.9 Å². The highest BCUT2D eigenvalue weighted by Gasteiger charge is 2.33. The minimum atomic E-state index is -0.579. The number of anilines is 1. The zero-order valence-corrected chi connectivity index (χ0v) is 23.0. The Labute approximate surface area is 232 Å². The summed E-state index contributed by atoms with van der Waals surface area (Å²) in [6.07, 6.45) is 1.84. The third-order valence-corrected chi connectivity index (χ3v) is 7.81. The third-order valence-electron chi connectivity index (χ3n) is 5.39. The number of nitrogen functional groups attached to an aromatic ring is 1. The van der Waals surface area contributed by atoms with Crippen molar-refractivity contribution in [1.82, 2.24) is 0 Å². The number of esters is 2. The lowest BCUT2D eigenvalue weighted by Gasteiger charge is -2.10. The van der Waals surface area contributed by atoms with Crippen LogP contribution in [0.15, 0.2) is 59.0 Å². The van der Waals surface area contributed by atoms with Crippen molar-refractivity contribution in [3.05, 3.63) is 85.1 Å². The van der Waals surface area contributed by atoms with Gasteiger partial charge in [-0.05, 0) is 55.3 Å². The lowest BCUT2D eigenvalue weighted by Crippen LogP contribution is -2.12. The van der Waals surface area contributed by atoms with E-state index in [4.69, 9.17) is 43.8 Å². The van der Waals surface area contributed by atoms with Crippen molar-refractivity contribution in [2.24, 2.45) is 0 Å². The van der Waals surface area contributed by atoms with Gasteiger partial charge in [0.15, 0.2) is 0 Å². The molecule has 1 aromatic heterocycles. The lowest BCUT2D eigenvalue weighted by atomic mass is 9.97. The standard InChI is InChI=1S/C27H22Cl2N2O4S2/c1-3-34-26(32)22-20(14-5-9-16(28)10-6-14)18(36-24(22)30)13-19-21(15-7-11-17(29)12-8-15)23(25(31)37-19)27(33)35-4-2/h5-13,30H,3-4,31H2,1-2H3. The summed E-state index contributed by atoms with van der Waals surface area (Å²) < 4.78 is 10.6. The van der Waals surface area contributed by atoms with E-state index >= 15 is 0 Å². The zero-order chi connectivity index (χ0) is 26.7. The maximum absolute atomic E-state index is 12.9. The molecule has 3 aromatic rings. The molecule has 0 atom stereocenters. The normalized spacial score (nSPS) is 14.4. The van der Waals surface area contributed by atoms with Gasteiger partial charge in [0.25, 0.3) is 0 Å². The van der Waals surface area contributed by atoms with Crippen LogP contribution >= 0.6 is 46.3 Å². The number of nitrogens with one attached hydrogen (secondary N) is 1. The molecule has 0 radical (unpaired) electrons. The molecular formula is C27H22Cl2N2O4S2. The Morgan fingerprint density at radius 1 is 0.919 bits per heavy atom. The van der Waals surface area contributed by atoms with Gasteiger partial charge in [0, 0.05) is 31.0 Å². The van der Waals surface area contributed by atoms with Crippen molar-refractivity contribution in [3.8, 4) is 11.1 Å². The van der Waals surface area contributed by atoms with Gasteiger partial charge in [0.1, 0.15) is 21.2 Å². The highest BCUT2D eigenvalue weighted by molar-refractivity contribution is 8.18. The number of carbonyl (C=O) groups is 2. The molecule has 10 heteroatoms. The highest BCUT2D eigenvalue weighted by atomic mass is 35.5. The Hall–Kier alpha value is -3.04. The predicted molar refractivity (Wildman–Crippen MR) is 153 cm³/mol. The largest absolute Gasteiger partial charge is 0.462 e. The van der Waals surface area contributed by atoms with Gasteiger partial charge >= 0.3 is 11.9 Å². The summed E-state index contributed by atoms with van der Waals surface area (Å²) in [6.45, 7) is 3.82. The van der Waals surface area contributed by atoms with Crippen LogP contribution in [-0.2, 0) is 14.3 Å². The Kier molecular flexibility index (Phi) is 8.44. The first-order valence-electron chi connectivity index (χ1n) is 11.3. The number of hydrogen-bond donors (Lipinski definition) is 2. The van der Waals surface area contributed by atoms with E-state index in [9.17, 15) is 9.59 Å². The topological polar surface area (TPSA) is 102 Å². The fraction of sp³-hybridized carbons (Fsp3) is 0.148. The molecule has 190 valence electrons. The molecular weight excluding hydrogens is 551 g/mol. The van der Waals surface area contributed by atoms with Crippen molar-refractivity contribution in [2.75, 3.05) is 18.9 Å². The minimum Gasteiger partial charge on any atom is -0.462 e. The molecule has 2 heterocycles. The summed E-state index contributed by atoms with van der Waals surface area (Å²) in [6, 6.07) is 14.1. The number of halogens is 2. The molecule has 0 unspecified atom stereocenters. The number of hydrogen-bond acceptors (Lipinski definition) is 8. The first-order valence-corrected chi connectivity index (χ1v) is 13.7. The molecule has 3 N–H and O–H groups in total. The van der Waals surface area contributed by atoms with E-state index in [1.54, 1.807) is 62.4 Å². The van der Waals surface area contributed by atoms with Crippen LogP contribution in [0.4, 0.5) is 5.00 Å². The Morgan fingerprint density at radius 3 is 2.03 bits per heavy atom. The Morgan fingerprint density at radius 2 is 1.46 bits per heavy atom. The van der Waals surface area contributed by atoms with Crippen LogP contribution in [-0.4, -0.2) is 30.2 Å². The van der Waals surface area contributed by atoms with Crippen molar-refractivity contribution >= 4 is 79.9 Å². The van der Waals surface area contributed by atoms with E-state index in [1.807, 2.05) is 6.08 Å². The zero-order valence-electron chi connectivity index (χ0n) is 19.9. The van der Waals surface area contributed by atoms with Crippen LogP contribution in [0.2, 0.25) is 10.0 Å². The van der Waals surface area contributed by atoms with Crippen LogP contribution in [0.5, 0.6) is 0 Å². The van der Waals surface area contributed by atoms with Crippen molar-refractivity contribution in [3.63, 3.8) is 0 Å². The van der Waals surface area contributed by atoms with Gasteiger partial charge in [0.05, 0.1) is 13.2 Å². The van der Waals surface area contributed by atoms with Crippen LogP contribution < -0.4 is 5.73 Å². The first-order chi connectivity index (χ1) is 17.7. The maximum atomic E-state index is 12.9. The summed E-state index contributed by atoms with van der Waals surface area (Å²) in [5.74, 6) is -1.11.